The summed E-state index contributed by atoms with van der Waals surface area (Å²) < 4.78 is 5.73. The fourth-order valence-corrected chi connectivity index (χ4v) is 5.52. The molecule has 0 bridgehead atoms. The van der Waals surface area contributed by atoms with Crippen LogP contribution in [0, 0.1) is 0 Å². The van der Waals surface area contributed by atoms with Crippen LogP contribution in [0.1, 0.15) is 36.8 Å². The predicted octanol–water partition coefficient (Wildman–Crippen LogP) is 4.90. The lowest BCUT2D eigenvalue weighted by atomic mass is 10.1. The summed E-state index contributed by atoms with van der Waals surface area (Å²) in [6.07, 6.45) is 6.00. The summed E-state index contributed by atoms with van der Waals surface area (Å²) in [6.45, 7) is 3.32. The molecular weight excluding hydrogens is 523 g/mol. The molecule has 2 aliphatic rings. The molecule has 2 heterocycles. The number of halogens is 2. The van der Waals surface area contributed by atoms with Gasteiger partial charge in [0.2, 0.25) is 0 Å². The highest BCUT2D eigenvalue weighted by Crippen LogP contribution is 2.27. The van der Waals surface area contributed by atoms with Crippen LogP contribution < -0.4 is 16.4 Å². The Bertz CT molecular complexity index is 1260. The minimum absolute atomic E-state index is 0.0819. The third-order valence-electron chi connectivity index (χ3n) is 7.05. The molecule has 0 amide bonds. The number of carbonyl (C=O) groups excluding carboxylic acids is 1. The van der Waals surface area contributed by atoms with Gasteiger partial charge in [-0.3, -0.25) is 9.69 Å². The number of benzene rings is 2. The van der Waals surface area contributed by atoms with Crippen molar-refractivity contribution in [2.24, 2.45) is 0 Å². The highest BCUT2D eigenvalue weighted by atomic mass is 35.5. The zero-order valence-corrected chi connectivity index (χ0v) is 22.6. The maximum atomic E-state index is 12.7. The number of nitrogens with zero attached hydrogens (tertiary/aromatic N) is 3. The second-order valence-electron chi connectivity index (χ2n) is 9.83. The lowest BCUT2D eigenvalue weighted by Gasteiger charge is -2.33. The van der Waals surface area contributed by atoms with Crippen molar-refractivity contribution in [2.45, 2.75) is 50.9 Å². The minimum atomic E-state index is -0.296. The van der Waals surface area contributed by atoms with Gasteiger partial charge in [0.1, 0.15) is 12.1 Å². The average molecular weight is 556 g/mol. The van der Waals surface area contributed by atoms with Gasteiger partial charge >= 0.3 is 5.97 Å². The van der Waals surface area contributed by atoms with Crippen molar-refractivity contribution in [1.82, 2.24) is 20.2 Å². The third-order valence-corrected chi connectivity index (χ3v) is 7.76. The second kappa shape index (κ2) is 12.3. The topological polar surface area (TPSA) is 105 Å². The Hall–Kier alpha value is -2.91. The molecule has 10 heteroatoms. The minimum Gasteiger partial charge on any atom is -0.461 e. The molecule has 5 rings (SSSR count). The molecule has 200 valence electrons. The Morgan fingerprint density at radius 3 is 2.71 bits per heavy atom. The number of hydrogen-bond acceptors (Lipinski definition) is 8. The van der Waals surface area contributed by atoms with Crippen molar-refractivity contribution < 1.29 is 9.53 Å². The molecule has 1 atom stereocenters. The van der Waals surface area contributed by atoms with Crippen molar-refractivity contribution in [1.29, 1.82) is 0 Å². The fourth-order valence-electron chi connectivity index (χ4n) is 4.99. The van der Waals surface area contributed by atoms with Gasteiger partial charge in [-0.05, 0) is 49.4 Å². The van der Waals surface area contributed by atoms with E-state index in [9.17, 15) is 4.79 Å². The first-order valence-corrected chi connectivity index (χ1v) is 13.8. The number of esters is 1. The van der Waals surface area contributed by atoms with Crippen molar-refractivity contribution >= 4 is 40.8 Å². The number of piperazine rings is 1. The van der Waals surface area contributed by atoms with E-state index in [1.807, 2.05) is 12.1 Å². The van der Waals surface area contributed by atoms with E-state index in [0.29, 0.717) is 40.5 Å². The van der Waals surface area contributed by atoms with Crippen LogP contribution >= 0.6 is 23.2 Å². The van der Waals surface area contributed by atoms with E-state index in [2.05, 4.69) is 32.7 Å². The molecule has 2 aromatic carbocycles. The van der Waals surface area contributed by atoms with E-state index in [1.165, 1.54) is 0 Å². The first kappa shape index (κ1) is 26.7. The summed E-state index contributed by atoms with van der Waals surface area (Å²) in [4.78, 5) is 24.0. The summed E-state index contributed by atoms with van der Waals surface area (Å²) >= 11 is 12.6. The molecule has 0 radical (unpaired) electrons. The van der Waals surface area contributed by atoms with E-state index in [1.54, 1.807) is 24.4 Å². The maximum Gasteiger partial charge on any atom is 0.324 e. The Morgan fingerprint density at radius 2 is 1.92 bits per heavy atom. The van der Waals surface area contributed by atoms with Crippen LogP contribution in [0.4, 0.5) is 11.6 Å². The van der Waals surface area contributed by atoms with Gasteiger partial charge in [-0.2, -0.15) is 0 Å². The number of nitrogen functional groups attached to an aromatic ring is 1. The Kier molecular flexibility index (Phi) is 8.64. The first-order chi connectivity index (χ1) is 18.5. The number of ether oxygens (including phenoxy) is 1. The molecule has 1 saturated carbocycles. The zero-order chi connectivity index (χ0) is 26.5. The molecular formula is C28H32Cl2N6O2. The Labute approximate surface area is 232 Å². The quantitative estimate of drug-likeness (QED) is 0.337. The van der Waals surface area contributed by atoms with Crippen LogP contribution in [0.15, 0.2) is 48.7 Å². The third kappa shape index (κ3) is 6.56. The Morgan fingerprint density at radius 1 is 1.16 bits per heavy atom. The lowest BCUT2D eigenvalue weighted by molar-refractivity contribution is -0.152. The van der Waals surface area contributed by atoms with Crippen molar-refractivity contribution in [3.63, 3.8) is 0 Å². The first-order valence-electron chi connectivity index (χ1n) is 13.0. The van der Waals surface area contributed by atoms with E-state index < -0.39 is 0 Å². The van der Waals surface area contributed by atoms with Crippen LogP contribution in [0.5, 0.6) is 0 Å². The lowest BCUT2D eigenvalue weighted by Crippen LogP contribution is -2.54. The SMILES string of the molecule is Nc1ncc(-c2cccc(CN3CCN[C@H](C(=O)OC4CCCC4)C3)c2)nc1NCc1c(Cl)cccc1Cl. The highest BCUT2D eigenvalue weighted by Gasteiger charge is 2.29. The molecule has 2 fully saturated rings. The van der Waals surface area contributed by atoms with E-state index >= 15 is 0 Å². The molecule has 4 N–H and O–H groups in total. The van der Waals surface area contributed by atoms with Crippen molar-refractivity contribution in [2.75, 3.05) is 30.7 Å². The number of carbonyl (C=O) groups is 1. The van der Waals surface area contributed by atoms with Gasteiger partial charge in [0.25, 0.3) is 0 Å². The molecule has 1 saturated heterocycles. The Balaban J connectivity index is 1.24. The summed E-state index contributed by atoms with van der Waals surface area (Å²) in [5, 5.41) is 7.68. The normalized spacial score (nSPS) is 18.4. The average Bonchev–Trinajstić information content (AvgIpc) is 3.43. The maximum absolute atomic E-state index is 12.7. The number of hydrogen-bond donors (Lipinski definition) is 3. The molecule has 1 aromatic heterocycles. The van der Waals surface area contributed by atoms with Gasteiger partial charge in [0, 0.05) is 53.9 Å². The molecule has 0 unspecified atom stereocenters. The van der Waals surface area contributed by atoms with Gasteiger partial charge < -0.3 is 21.1 Å². The highest BCUT2D eigenvalue weighted by molar-refractivity contribution is 6.36. The smallest absolute Gasteiger partial charge is 0.324 e. The van der Waals surface area contributed by atoms with E-state index in [-0.39, 0.29) is 18.1 Å². The van der Waals surface area contributed by atoms with Crippen LogP contribution in [0.25, 0.3) is 11.3 Å². The summed E-state index contributed by atoms with van der Waals surface area (Å²) in [6, 6.07) is 13.3. The molecule has 1 aliphatic carbocycles. The number of aromatic nitrogens is 2. The molecule has 1 aliphatic heterocycles. The molecule has 38 heavy (non-hydrogen) atoms. The van der Waals surface area contributed by atoms with Crippen LogP contribution in [0.3, 0.4) is 0 Å². The van der Waals surface area contributed by atoms with Gasteiger partial charge in [-0.1, -0.05) is 47.5 Å². The summed E-state index contributed by atoms with van der Waals surface area (Å²) in [7, 11) is 0. The van der Waals surface area contributed by atoms with Gasteiger partial charge in [-0.25, -0.2) is 9.97 Å². The van der Waals surface area contributed by atoms with Gasteiger partial charge in [-0.15, -0.1) is 0 Å². The second-order valence-corrected chi connectivity index (χ2v) is 10.6. The number of nitrogens with one attached hydrogen (secondary N) is 2. The van der Waals surface area contributed by atoms with Crippen molar-refractivity contribution in [3.05, 3.63) is 69.8 Å². The largest absolute Gasteiger partial charge is 0.461 e. The molecule has 8 nitrogen and oxygen atoms in total. The van der Waals surface area contributed by atoms with Crippen LogP contribution in [-0.4, -0.2) is 52.6 Å². The van der Waals surface area contributed by atoms with Gasteiger partial charge in [0.05, 0.1) is 11.9 Å². The van der Waals surface area contributed by atoms with E-state index in [4.69, 9.17) is 38.7 Å². The van der Waals surface area contributed by atoms with Gasteiger partial charge in [0.15, 0.2) is 11.6 Å². The van der Waals surface area contributed by atoms with Crippen LogP contribution in [-0.2, 0) is 22.6 Å². The molecule has 3 aromatic rings. The van der Waals surface area contributed by atoms with E-state index in [0.717, 1.165) is 62.0 Å². The number of rotatable bonds is 8. The number of anilines is 2. The standard InChI is InChI=1S/C28H32Cl2N6O2/c29-22-9-4-10-23(30)21(22)14-34-27-26(31)33-15-24(35-27)19-6-3-5-18(13-19)16-36-12-11-32-25(17-36)28(37)38-20-7-1-2-8-20/h3-6,9-10,13,15,20,25,32H,1-2,7-8,11-12,14,16-17H2,(H2,31,33)(H,34,35)/t25-/m0/s1. The summed E-state index contributed by atoms with van der Waals surface area (Å²) in [5.74, 6) is 0.629. The monoisotopic (exact) mass is 554 g/mol. The zero-order valence-electron chi connectivity index (χ0n) is 21.1. The predicted molar refractivity (Wildman–Crippen MR) is 151 cm³/mol. The van der Waals surface area contributed by atoms with Crippen molar-refractivity contribution in [3.8, 4) is 11.3 Å². The molecule has 0 spiro atoms. The van der Waals surface area contributed by atoms with Crippen LogP contribution in [0.2, 0.25) is 10.0 Å². The summed E-state index contributed by atoms with van der Waals surface area (Å²) in [5.41, 5.74) is 9.63. The number of nitrogens with two attached hydrogens (primary N) is 1. The fraction of sp³-hybridized carbons (Fsp3) is 0.393.